The van der Waals surface area contributed by atoms with Crippen molar-refractivity contribution in [1.82, 2.24) is 0 Å². The summed E-state index contributed by atoms with van der Waals surface area (Å²) in [6.45, 7) is 6.20. The molecule has 3 nitrogen and oxygen atoms in total. The van der Waals surface area contributed by atoms with Crippen LogP contribution in [-0.4, -0.2) is 13.1 Å². The van der Waals surface area contributed by atoms with E-state index in [0.717, 1.165) is 5.56 Å². The fraction of sp³-hybridized carbons (Fsp3) is 0.118. The van der Waals surface area contributed by atoms with E-state index in [4.69, 9.17) is 0 Å². The molecule has 0 fully saturated rings. The molecule has 0 amide bonds. The summed E-state index contributed by atoms with van der Waals surface area (Å²) in [4.78, 5) is 4.11. The van der Waals surface area contributed by atoms with Crippen LogP contribution in [0.15, 0.2) is 72.6 Å². The minimum Gasteiger partial charge on any atom is -0.405 e. The van der Waals surface area contributed by atoms with Crippen molar-refractivity contribution >= 4 is 6.72 Å². The molecule has 0 saturated carbocycles. The van der Waals surface area contributed by atoms with E-state index in [2.05, 4.69) is 28.0 Å². The molecular weight excluding hydrogens is 307 g/mol. The Morgan fingerprint density at radius 2 is 1.61 bits per heavy atom. The zero-order valence-electron chi connectivity index (χ0n) is 12.3. The van der Waals surface area contributed by atoms with Gasteiger partial charge in [0.15, 0.2) is 0 Å². The SMILES string of the molecule is C=CON=C.FC(F)(F)Oc1ccccc1Cc1ccccc1. The Bertz CT molecular complexity index is 607. The average molecular weight is 323 g/mol. The summed E-state index contributed by atoms with van der Waals surface area (Å²) in [5.41, 5.74) is 1.46. The zero-order valence-corrected chi connectivity index (χ0v) is 12.3. The highest BCUT2D eigenvalue weighted by Gasteiger charge is 2.31. The Morgan fingerprint density at radius 1 is 1.00 bits per heavy atom. The Hall–Kier alpha value is -2.76. The van der Waals surface area contributed by atoms with Crippen LogP contribution in [0, 0.1) is 0 Å². The normalized spacial score (nSPS) is 10.0. The Labute approximate surface area is 132 Å². The molecule has 0 aromatic heterocycles. The minimum atomic E-state index is -4.66. The lowest BCUT2D eigenvalue weighted by atomic mass is 10.0. The van der Waals surface area contributed by atoms with Crippen LogP contribution in [0.3, 0.4) is 0 Å². The smallest absolute Gasteiger partial charge is 0.405 e. The lowest BCUT2D eigenvalue weighted by Crippen LogP contribution is -2.18. The van der Waals surface area contributed by atoms with Gasteiger partial charge in [-0.1, -0.05) is 60.3 Å². The molecule has 2 rings (SSSR count). The lowest BCUT2D eigenvalue weighted by Gasteiger charge is -2.13. The number of hydrogen-bond acceptors (Lipinski definition) is 3. The average Bonchev–Trinajstić information content (AvgIpc) is 2.50. The van der Waals surface area contributed by atoms with Crippen LogP contribution in [0.5, 0.6) is 5.75 Å². The molecule has 23 heavy (non-hydrogen) atoms. The van der Waals surface area contributed by atoms with E-state index >= 15 is 0 Å². The highest BCUT2D eigenvalue weighted by atomic mass is 19.4. The number of halogens is 3. The van der Waals surface area contributed by atoms with E-state index in [1.165, 1.54) is 18.4 Å². The van der Waals surface area contributed by atoms with E-state index in [0.29, 0.717) is 12.0 Å². The van der Waals surface area contributed by atoms with Gasteiger partial charge in [-0.05, 0) is 17.2 Å². The molecule has 0 N–H and O–H groups in total. The second-order valence-electron chi connectivity index (χ2n) is 4.22. The van der Waals surface area contributed by atoms with Gasteiger partial charge in [0.2, 0.25) is 0 Å². The van der Waals surface area contributed by atoms with Crippen LogP contribution in [0.4, 0.5) is 13.2 Å². The third-order valence-electron chi connectivity index (χ3n) is 2.58. The maximum Gasteiger partial charge on any atom is 0.573 e. The zero-order chi connectivity index (χ0) is 17.1. The predicted octanol–water partition coefficient (Wildman–Crippen LogP) is 4.94. The van der Waals surface area contributed by atoms with Crippen molar-refractivity contribution in [3.63, 3.8) is 0 Å². The fourth-order valence-corrected chi connectivity index (χ4v) is 1.74. The molecule has 0 unspecified atom stereocenters. The second-order valence-corrected chi connectivity index (χ2v) is 4.22. The number of benzene rings is 2. The maximum atomic E-state index is 12.2. The Kier molecular flexibility index (Phi) is 7.39. The predicted molar refractivity (Wildman–Crippen MR) is 83.2 cm³/mol. The molecule has 0 atom stereocenters. The topological polar surface area (TPSA) is 30.8 Å². The monoisotopic (exact) mass is 323 g/mol. The van der Waals surface area contributed by atoms with E-state index in [-0.39, 0.29) is 5.75 Å². The van der Waals surface area contributed by atoms with Crippen molar-refractivity contribution in [2.24, 2.45) is 5.16 Å². The Morgan fingerprint density at radius 3 is 2.13 bits per heavy atom. The second kappa shape index (κ2) is 9.30. The highest BCUT2D eigenvalue weighted by molar-refractivity contribution is 5.37. The summed E-state index contributed by atoms with van der Waals surface area (Å²) in [7, 11) is 0. The van der Waals surface area contributed by atoms with Crippen LogP contribution in [0.25, 0.3) is 0 Å². The summed E-state index contributed by atoms with van der Waals surface area (Å²) in [5, 5.41) is 2.99. The Balaban J connectivity index is 0.000000463. The summed E-state index contributed by atoms with van der Waals surface area (Å²) in [5.74, 6) is -0.145. The van der Waals surface area contributed by atoms with Crippen molar-refractivity contribution in [3.8, 4) is 5.75 Å². The third kappa shape index (κ3) is 7.71. The maximum absolute atomic E-state index is 12.2. The highest BCUT2D eigenvalue weighted by Crippen LogP contribution is 2.27. The molecule has 0 radical (unpaired) electrons. The van der Waals surface area contributed by atoms with Gasteiger partial charge in [0.05, 0.1) is 0 Å². The fourth-order valence-electron chi connectivity index (χ4n) is 1.74. The van der Waals surface area contributed by atoms with E-state index in [9.17, 15) is 13.2 Å². The van der Waals surface area contributed by atoms with Crippen LogP contribution in [0.1, 0.15) is 11.1 Å². The first-order valence-corrected chi connectivity index (χ1v) is 6.56. The van der Waals surface area contributed by atoms with Gasteiger partial charge in [-0.25, -0.2) is 0 Å². The molecule has 0 bridgehead atoms. The van der Waals surface area contributed by atoms with Crippen molar-refractivity contribution < 1.29 is 22.7 Å². The summed E-state index contributed by atoms with van der Waals surface area (Å²) in [6.07, 6.45) is -3.05. The quantitative estimate of drug-likeness (QED) is 0.443. The van der Waals surface area contributed by atoms with Crippen molar-refractivity contribution in [2.45, 2.75) is 12.8 Å². The molecule has 122 valence electrons. The molecule has 0 aliphatic carbocycles. The van der Waals surface area contributed by atoms with E-state index < -0.39 is 6.36 Å². The van der Waals surface area contributed by atoms with Crippen molar-refractivity contribution in [1.29, 1.82) is 0 Å². The number of ether oxygens (including phenoxy) is 1. The first-order valence-electron chi connectivity index (χ1n) is 6.56. The summed E-state index contributed by atoms with van der Waals surface area (Å²) < 4.78 is 40.7. The molecule has 0 aliphatic heterocycles. The van der Waals surface area contributed by atoms with Gasteiger partial charge in [0.1, 0.15) is 12.0 Å². The van der Waals surface area contributed by atoms with Crippen LogP contribution in [0.2, 0.25) is 0 Å². The van der Waals surface area contributed by atoms with Gasteiger partial charge < -0.3 is 9.57 Å². The minimum absolute atomic E-state index is 0.145. The summed E-state index contributed by atoms with van der Waals surface area (Å²) >= 11 is 0. The van der Waals surface area contributed by atoms with Gasteiger partial charge in [0, 0.05) is 13.1 Å². The molecule has 2 aromatic carbocycles. The number of alkyl halides is 3. The molecule has 2 aromatic rings. The van der Waals surface area contributed by atoms with Crippen LogP contribution in [-0.2, 0) is 11.3 Å². The molecule has 0 aliphatic rings. The van der Waals surface area contributed by atoms with Gasteiger partial charge in [-0.15, -0.1) is 13.2 Å². The van der Waals surface area contributed by atoms with Gasteiger partial charge in [0.25, 0.3) is 0 Å². The van der Waals surface area contributed by atoms with E-state index in [1.807, 2.05) is 30.3 Å². The van der Waals surface area contributed by atoms with Crippen LogP contribution >= 0.6 is 0 Å². The largest absolute Gasteiger partial charge is 0.573 e. The first kappa shape index (κ1) is 18.3. The van der Waals surface area contributed by atoms with Crippen molar-refractivity contribution in [3.05, 3.63) is 78.6 Å². The van der Waals surface area contributed by atoms with Crippen LogP contribution < -0.4 is 4.74 Å². The number of rotatable bonds is 5. The lowest BCUT2D eigenvalue weighted by molar-refractivity contribution is -0.274. The van der Waals surface area contributed by atoms with Crippen molar-refractivity contribution in [2.75, 3.05) is 0 Å². The number of oxime groups is 1. The molecule has 0 saturated heterocycles. The first-order chi connectivity index (χ1) is 11.0. The molecular formula is C17H16F3NO2. The molecule has 0 heterocycles. The van der Waals surface area contributed by atoms with Gasteiger partial charge in [-0.2, -0.15) is 0 Å². The number of nitrogens with zero attached hydrogens (tertiary/aromatic N) is 1. The van der Waals surface area contributed by atoms with Gasteiger partial charge >= 0.3 is 6.36 Å². The molecule has 0 spiro atoms. The summed E-state index contributed by atoms with van der Waals surface area (Å²) in [6, 6.07) is 15.5. The van der Waals surface area contributed by atoms with E-state index in [1.54, 1.807) is 12.1 Å². The van der Waals surface area contributed by atoms with Gasteiger partial charge in [-0.3, -0.25) is 0 Å². The standard InChI is InChI=1S/C14H11F3O.C3H5NO/c15-14(16,17)18-13-9-5-4-8-12(13)10-11-6-2-1-3-7-11;1-3-5-4-2/h1-9H,10H2;3H,1-2H2. The number of para-hydroxylation sites is 1. The number of hydrogen-bond donors (Lipinski definition) is 0. The molecule has 6 heteroatoms. The third-order valence-corrected chi connectivity index (χ3v) is 2.58.